The molecule has 0 saturated heterocycles. The molecule has 0 aliphatic carbocycles. The van der Waals surface area contributed by atoms with Crippen molar-refractivity contribution in [3.63, 3.8) is 0 Å². The van der Waals surface area contributed by atoms with Gasteiger partial charge in [0, 0.05) is 13.0 Å². The normalized spacial score (nSPS) is 14.2. The van der Waals surface area contributed by atoms with Crippen molar-refractivity contribution in [3.8, 4) is 0 Å². The first-order valence-electron chi connectivity index (χ1n) is 5.67. The summed E-state index contributed by atoms with van der Waals surface area (Å²) in [5, 5.41) is 15.1. The zero-order chi connectivity index (χ0) is 12.5. The summed E-state index contributed by atoms with van der Waals surface area (Å²) in [5.41, 5.74) is 1.63. The van der Waals surface area contributed by atoms with Gasteiger partial charge in [0.15, 0.2) is 0 Å². The second-order valence-electron chi connectivity index (χ2n) is 5.25. The van der Waals surface area contributed by atoms with E-state index in [0.717, 1.165) is 17.9 Å². The van der Waals surface area contributed by atoms with E-state index >= 15 is 0 Å². The molecular formula is C12H21ClN2O. The van der Waals surface area contributed by atoms with Gasteiger partial charge in [-0.2, -0.15) is 5.10 Å². The Kier molecular flexibility index (Phi) is 4.02. The van der Waals surface area contributed by atoms with E-state index in [-0.39, 0.29) is 5.41 Å². The molecule has 0 aliphatic heterocycles. The molecule has 0 bridgehead atoms. The average Bonchev–Trinajstić information content (AvgIpc) is 2.44. The van der Waals surface area contributed by atoms with Crippen LogP contribution in [0, 0.1) is 12.3 Å². The Morgan fingerprint density at radius 3 is 2.44 bits per heavy atom. The Bertz CT molecular complexity index is 366. The molecule has 0 fully saturated rings. The number of hydrogen-bond donors (Lipinski definition) is 1. The molecule has 0 aromatic carbocycles. The van der Waals surface area contributed by atoms with Gasteiger partial charge in [0.05, 0.1) is 22.5 Å². The number of nitrogens with zero attached hydrogens (tertiary/aromatic N) is 2. The number of aliphatic hydroxyl groups excluding tert-OH is 1. The van der Waals surface area contributed by atoms with Crippen molar-refractivity contribution in [1.29, 1.82) is 0 Å². The fourth-order valence-electron chi connectivity index (χ4n) is 1.55. The van der Waals surface area contributed by atoms with E-state index in [1.54, 1.807) is 0 Å². The maximum atomic E-state index is 10.1. The van der Waals surface area contributed by atoms with Gasteiger partial charge in [-0.3, -0.25) is 4.68 Å². The van der Waals surface area contributed by atoms with Crippen molar-refractivity contribution >= 4 is 11.6 Å². The topological polar surface area (TPSA) is 38.0 Å². The van der Waals surface area contributed by atoms with Crippen molar-refractivity contribution in [2.45, 2.75) is 53.7 Å². The van der Waals surface area contributed by atoms with Gasteiger partial charge in [-0.05, 0) is 19.3 Å². The summed E-state index contributed by atoms with van der Waals surface area (Å²) in [6.07, 6.45) is 0.142. The third-order valence-corrected chi connectivity index (χ3v) is 3.33. The van der Waals surface area contributed by atoms with Crippen LogP contribution in [-0.2, 0) is 13.0 Å². The minimum absolute atomic E-state index is 0.139. The quantitative estimate of drug-likeness (QED) is 0.888. The van der Waals surface area contributed by atoms with E-state index < -0.39 is 6.10 Å². The minimum Gasteiger partial charge on any atom is -0.392 e. The molecule has 1 unspecified atom stereocenters. The van der Waals surface area contributed by atoms with Gasteiger partial charge in [-0.1, -0.05) is 32.4 Å². The molecule has 1 aromatic heterocycles. The summed E-state index contributed by atoms with van der Waals surface area (Å²) in [6.45, 7) is 10.7. The third kappa shape index (κ3) is 2.77. The smallest absolute Gasteiger partial charge is 0.0848 e. The highest BCUT2D eigenvalue weighted by atomic mass is 35.5. The van der Waals surface area contributed by atoms with Crippen LogP contribution in [-0.4, -0.2) is 21.0 Å². The first kappa shape index (κ1) is 13.5. The fourth-order valence-corrected chi connectivity index (χ4v) is 1.77. The van der Waals surface area contributed by atoms with E-state index in [0.29, 0.717) is 11.4 Å². The molecule has 1 N–H and O–H groups in total. The molecule has 1 heterocycles. The Hall–Kier alpha value is -0.540. The van der Waals surface area contributed by atoms with Crippen LogP contribution in [0.25, 0.3) is 0 Å². The zero-order valence-electron chi connectivity index (χ0n) is 10.7. The minimum atomic E-state index is -0.411. The van der Waals surface area contributed by atoms with Crippen LogP contribution >= 0.6 is 11.6 Å². The second kappa shape index (κ2) is 4.76. The van der Waals surface area contributed by atoms with E-state index in [4.69, 9.17) is 11.6 Å². The standard InChI is InChI=1S/C12H21ClN2O/c1-6-15-9(11(13)8(2)14-15)7-10(16)12(3,4)5/h10,16H,6-7H2,1-5H3. The summed E-state index contributed by atoms with van der Waals surface area (Å²) in [6, 6.07) is 0. The summed E-state index contributed by atoms with van der Waals surface area (Å²) in [4.78, 5) is 0. The molecule has 4 heteroatoms. The van der Waals surface area contributed by atoms with Crippen molar-refractivity contribution in [2.75, 3.05) is 0 Å². The third-order valence-electron chi connectivity index (χ3n) is 2.84. The van der Waals surface area contributed by atoms with Crippen LogP contribution in [0.15, 0.2) is 0 Å². The van der Waals surface area contributed by atoms with E-state index in [1.165, 1.54) is 0 Å². The molecule has 1 aromatic rings. The molecule has 3 nitrogen and oxygen atoms in total. The first-order chi connectivity index (χ1) is 7.27. The Morgan fingerprint density at radius 2 is 2.00 bits per heavy atom. The van der Waals surface area contributed by atoms with Gasteiger partial charge in [0.25, 0.3) is 0 Å². The number of aliphatic hydroxyl groups is 1. The van der Waals surface area contributed by atoms with E-state index in [1.807, 2.05) is 39.3 Å². The zero-order valence-corrected chi connectivity index (χ0v) is 11.5. The lowest BCUT2D eigenvalue weighted by Crippen LogP contribution is -2.29. The first-order valence-corrected chi connectivity index (χ1v) is 6.05. The van der Waals surface area contributed by atoms with Crippen LogP contribution < -0.4 is 0 Å². The Morgan fingerprint density at radius 1 is 1.44 bits per heavy atom. The highest BCUT2D eigenvalue weighted by molar-refractivity contribution is 6.31. The van der Waals surface area contributed by atoms with Crippen LogP contribution in [0.3, 0.4) is 0 Å². The van der Waals surface area contributed by atoms with E-state index in [9.17, 15) is 5.11 Å². The van der Waals surface area contributed by atoms with Gasteiger partial charge < -0.3 is 5.11 Å². The van der Waals surface area contributed by atoms with Gasteiger partial charge in [-0.25, -0.2) is 0 Å². The van der Waals surface area contributed by atoms with Crippen LogP contribution in [0.2, 0.25) is 5.02 Å². The van der Waals surface area contributed by atoms with Gasteiger partial charge >= 0.3 is 0 Å². The molecule has 0 radical (unpaired) electrons. The van der Waals surface area contributed by atoms with Crippen LogP contribution in [0.5, 0.6) is 0 Å². The summed E-state index contributed by atoms with van der Waals surface area (Å²) in [7, 11) is 0. The van der Waals surface area contributed by atoms with Crippen LogP contribution in [0.1, 0.15) is 39.1 Å². The van der Waals surface area contributed by atoms with Crippen molar-refractivity contribution in [3.05, 3.63) is 16.4 Å². The lowest BCUT2D eigenvalue weighted by molar-refractivity contribution is 0.0618. The number of aryl methyl sites for hydroxylation is 2. The molecule has 1 rings (SSSR count). The molecule has 0 aliphatic rings. The maximum absolute atomic E-state index is 10.1. The second-order valence-corrected chi connectivity index (χ2v) is 5.63. The monoisotopic (exact) mass is 244 g/mol. The summed E-state index contributed by atoms with van der Waals surface area (Å²) in [5.74, 6) is 0. The number of aromatic nitrogens is 2. The number of rotatable bonds is 3. The molecule has 16 heavy (non-hydrogen) atoms. The molecular weight excluding hydrogens is 224 g/mol. The SMILES string of the molecule is CCn1nc(C)c(Cl)c1CC(O)C(C)(C)C. The fraction of sp³-hybridized carbons (Fsp3) is 0.750. The average molecular weight is 245 g/mol. The van der Waals surface area contributed by atoms with Crippen molar-refractivity contribution in [2.24, 2.45) is 5.41 Å². The lowest BCUT2D eigenvalue weighted by Gasteiger charge is -2.26. The predicted octanol–water partition coefficient (Wildman–Crippen LogP) is 2.81. The summed E-state index contributed by atoms with van der Waals surface area (Å²) >= 11 is 6.19. The van der Waals surface area contributed by atoms with Crippen molar-refractivity contribution in [1.82, 2.24) is 9.78 Å². The summed E-state index contributed by atoms with van der Waals surface area (Å²) < 4.78 is 1.87. The Labute approximate surface area is 102 Å². The number of halogens is 1. The highest BCUT2D eigenvalue weighted by Gasteiger charge is 2.25. The van der Waals surface area contributed by atoms with E-state index in [2.05, 4.69) is 5.10 Å². The Balaban J connectivity index is 2.96. The van der Waals surface area contributed by atoms with Crippen molar-refractivity contribution < 1.29 is 5.11 Å². The number of hydrogen-bond acceptors (Lipinski definition) is 2. The van der Waals surface area contributed by atoms with Crippen LogP contribution in [0.4, 0.5) is 0 Å². The van der Waals surface area contributed by atoms with Gasteiger partial charge in [-0.15, -0.1) is 0 Å². The lowest BCUT2D eigenvalue weighted by atomic mass is 9.86. The predicted molar refractivity (Wildman–Crippen MR) is 66.8 cm³/mol. The largest absolute Gasteiger partial charge is 0.392 e. The van der Waals surface area contributed by atoms with Gasteiger partial charge in [0.2, 0.25) is 0 Å². The molecule has 0 amide bonds. The highest BCUT2D eigenvalue weighted by Crippen LogP contribution is 2.27. The molecule has 1 atom stereocenters. The maximum Gasteiger partial charge on any atom is 0.0848 e. The molecule has 0 saturated carbocycles. The molecule has 0 spiro atoms. The molecule has 92 valence electrons. The van der Waals surface area contributed by atoms with Gasteiger partial charge in [0.1, 0.15) is 0 Å².